The summed E-state index contributed by atoms with van der Waals surface area (Å²) in [4.78, 5) is 0. The first-order chi connectivity index (χ1) is 0. The minimum atomic E-state index is 0. The molecule has 0 atom stereocenters. The van der Waals surface area contributed by atoms with Crippen molar-refractivity contribution in [1.82, 2.24) is 0 Å². The van der Waals surface area contributed by atoms with E-state index in [1.807, 2.05) is 0 Å². The Morgan fingerprint density at radius 3 is 0.333 bits per heavy atom. The van der Waals surface area contributed by atoms with Crippen molar-refractivity contribution in [2.75, 3.05) is 0 Å². The monoisotopic (exact) mass is 347 g/mol. The molecule has 0 unspecified atom stereocenters. The van der Waals surface area contributed by atoms with Gasteiger partial charge in [0.2, 0.25) is 0 Å². The number of hydrogen-bond donors (Lipinski definition) is 0. The average Bonchev–Trinajstić information content (AvgIpc) is 0. The van der Waals surface area contributed by atoms with E-state index in [2.05, 4.69) is 0 Å². The van der Waals surface area contributed by atoms with Crippen molar-refractivity contribution in [3.63, 3.8) is 0 Å². The second kappa shape index (κ2) is 45.8. The van der Waals surface area contributed by atoms with Crippen LogP contribution in [0.25, 0.3) is 0 Å². The van der Waals surface area contributed by atoms with Crippen LogP contribution in [0.5, 0.6) is 0 Å². The van der Waals surface area contributed by atoms with Gasteiger partial charge in [-0.05, 0) is 11.0 Å². The van der Waals surface area contributed by atoms with Crippen LogP contribution in [0.15, 0.2) is 0 Å². The van der Waals surface area contributed by atoms with Crippen LogP contribution in [-0.4, -0.2) is 11.0 Å². The predicted octanol–water partition coefficient (Wildman–Crippen LogP) is -1.46. The molecule has 0 rings (SSSR count). The van der Waals surface area contributed by atoms with E-state index in [1.54, 1.807) is 0 Å². The van der Waals surface area contributed by atoms with Crippen molar-refractivity contribution in [3.05, 3.63) is 0 Å². The zero-order chi connectivity index (χ0) is 0. The molecule has 0 N–H and O–H groups in total. The summed E-state index contributed by atoms with van der Waals surface area (Å²) in [6, 6.07) is 0. The summed E-state index contributed by atoms with van der Waals surface area (Å²) in [5.74, 6) is 0. The summed E-state index contributed by atoms with van der Waals surface area (Å²) >= 11 is 0. The fraction of sp³-hybridized carbons (Fsp3) is 0. The zero-order valence-corrected chi connectivity index (χ0v) is 6.22. The average molecular weight is 350 g/mol. The van der Waals surface area contributed by atoms with Crippen molar-refractivity contribution in [3.8, 4) is 0 Å². The van der Waals surface area contributed by atoms with Crippen molar-refractivity contribution in [1.29, 1.82) is 0 Å². The van der Waals surface area contributed by atoms with E-state index in [0.29, 0.717) is 0 Å². The third-order valence-electron chi connectivity index (χ3n) is 0. The van der Waals surface area contributed by atoms with E-state index < -0.39 is 0 Å². The second-order valence-electron chi connectivity index (χ2n) is 0. The molecule has 0 aliphatic carbocycles. The Bertz CT molecular complexity index is 3.90. The normalized spacial score (nSPS) is 0. The first-order valence-electron chi connectivity index (χ1n) is 0. The molecule has 0 spiro atoms. The number of rotatable bonds is 0. The van der Waals surface area contributed by atoms with Gasteiger partial charge in [0.25, 0.3) is 0 Å². The molecule has 0 fully saturated rings. The van der Waals surface area contributed by atoms with Gasteiger partial charge in [0.15, 0.2) is 0 Å². The Morgan fingerprint density at radius 1 is 0.333 bits per heavy atom. The molecule has 0 bridgehead atoms. The molecule has 0 saturated carbocycles. The topological polar surface area (TPSA) is 0 Å². The third kappa shape index (κ3) is 29.1. The van der Waals surface area contributed by atoms with Crippen LogP contribution in [0.3, 0.4) is 0 Å². The van der Waals surface area contributed by atoms with E-state index in [4.69, 9.17) is 0 Å². The van der Waals surface area contributed by atoms with Crippen LogP contribution in [0, 0.1) is 0 Å². The summed E-state index contributed by atoms with van der Waals surface area (Å²) in [6.07, 6.45) is 0. The number of hydrogen-bond acceptors (Lipinski definition) is 0. The molecule has 6 heavy (non-hydrogen) atoms. The molecule has 0 saturated heterocycles. The molecule has 0 nitrogen and oxygen atoms in total. The largest absolute Gasteiger partial charge is 0.0149 e. The van der Waals surface area contributed by atoms with Gasteiger partial charge in [-0.1, -0.05) is 0 Å². The minimum absolute atomic E-state index is 0. The molecule has 0 aromatic heterocycles. The minimum Gasteiger partial charge on any atom is -0.0149 e. The van der Waals surface area contributed by atoms with Crippen LogP contribution in [0.1, 0.15) is 0 Å². The second-order valence-corrected chi connectivity index (χ2v) is 0. The predicted molar refractivity (Wildman–Crippen MR) is 11.3 cm³/mol. The molecule has 6 heteroatoms. The van der Waals surface area contributed by atoms with Gasteiger partial charge in [-0.25, -0.2) is 0 Å². The Hall–Kier alpha value is 2.81. The Morgan fingerprint density at radius 2 is 0.333 bits per heavy atom. The van der Waals surface area contributed by atoms with E-state index in [-0.39, 0.29) is 96.3 Å². The van der Waals surface area contributed by atoms with Crippen LogP contribution in [-0.2, 0) is 85.3 Å². The maximum absolute atomic E-state index is 0. The first kappa shape index (κ1) is 68.0. The molecule has 5 radical (unpaired) electrons. The van der Waals surface area contributed by atoms with Crippen molar-refractivity contribution in [2.24, 2.45) is 0 Å². The van der Waals surface area contributed by atoms with E-state index >= 15 is 0 Å². The molecular weight excluding hydrogens is 346 g/mol. The van der Waals surface area contributed by atoms with Gasteiger partial charge in [0.05, 0.1) is 0 Å². The molecule has 63 valence electrons. The molecular formula is H4Cu5Si. The summed E-state index contributed by atoms with van der Waals surface area (Å²) in [5, 5.41) is 0. The van der Waals surface area contributed by atoms with Gasteiger partial charge in [0.1, 0.15) is 0 Å². The Balaban J connectivity index is 0. The van der Waals surface area contributed by atoms with Gasteiger partial charge in [-0.15, -0.1) is 0 Å². The van der Waals surface area contributed by atoms with Gasteiger partial charge in [0, 0.05) is 85.3 Å². The van der Waals surface area contributed by atoms with E-state index in [9.17, 15) is 0 Å². The fourth-order valence-electron chi connectivity index (χ4n) is 0. The summed E-state index contributed by atoms with van der Waals surface area (Å²) in [6.45, 7) is 0. The van der Waals surface area contributed by atoms with E-state index in [1.165, 1.54) is 0 Å². The SMILES string of the molecule is [Cu].[Cu].[Cu].[Cu].[Cu].[SiH4]. The quantitative estimate of drug-likeness (QED) is 0.469. The Labute approximate surface area is 95.1 Å². The molecule has 0 amide bonds. The van der Waals surface area contributed by atoms with E-state index in [0.717, 1.165) is 0 Å². The molecule has 0 aromatic rings. The van der Waals surface area contributed by atoms with Crippen LogP contribution in [0.2, 0.25) is 0 Å². The van der Waals surface area contributed by atoms with Crippen molar-refractivity contribution >= 4 is 11.0 Å². The maximum atomic E-state index is 0. The zero-order valence-electron chi connectivity index (χ0n) is 1.51. The standard InChI is InChI=1S/5Cu.H4Si/h;;;;;1H4. The fourth-order valence-corrected chi connectivity index (χ4v) is 0. The van der Waals surface area contributed by atoms with Crippen LogP contribution in [0.4, 0.5) is 0 Å². The van der Waals surface area contributed by atoms with Gasteiger partial charge in [-0.3, -0.25) is 0 Å². The van der Waals surface area contributed by atoms with Crippen LogP contribution < -0.4 is 0 Å². The van der Waals surface area contributed by atoms with Crippen LogP contribution >= 0.6 is 0 Å². The van der Waals surface area contributed by atoms with Gasteiger partial charge in [-0.2, -0.15) is 0 Å². The van der Waals surface area contributed by atoms with Crippen molar-refractivity contribution < 1.29 is 85.3 Å². The summed E-state index contributed by atoms with van der Waals surface area (Å²) in [5.41, 5.74) is 0. The summed E-state index contributed by atoms with van der Waals surface area (Å²) in [7, 11) is 0. The molecule has 0 aliphatic rings. The maximum Gasteiger partial charge on any atom is 0 e. The molecule has 0 aromatic carbocycles. The smallest absolute Gasteiger partial charge is 0 e. The van der Waals surface area contributed by atoms with Crippen molar-refractivity contribution in [2.45, 2.75) is 0 Å². The van der Waals surface area contributed by atoms with Gasteiger partial charge < -0.3 is 0 Å². The molecule has 0 aliphatic heterocycles. The summed E-state index contributed by atoms with van der Waals surface area (Å²) < 4.78 is 0. The first-order valence-corrected chi connectivity index (χ1v) is 0. The molecule has 0 heterocycles. The van der Waals surface area contributed by atoms with Gasteiger partial charge >= 0.3 is 0 Å². The Kier molecular flexibility index (Phi) is 519. The third-order valence-corrected chi connectivity index (χ3v) is 0.